The molecule has 0 aromatic heterocycles. The zero-order chi connectivity index (χ0) is 27.4. The first-order chi connectivity index (χ1) is 16.9. The maximum Gasteiger partial charge on any atom is 0.318 e. The molecule has 0 aromatic rings. The highest BCUT2D eigenvalue weighted by Crippen LogP contribution is 2.21. The lowest BCUT2D eigenvalue weighted by Gasteiger charge is -2.29. The molecule has 36 heavy (non-hydrogen) atoms. The smallest absolute Gasteiger partial charge is 0.318 e. The van der Waals surface area contributed by atoms with Crippen LogP contribution in [0.1, 0.15) is 32.6 Å². The molecular formula is C20H35N7O8S. The first-order valence-electron chi connectivity index (χ1n) is 11.3. The molecule has 15 nitrogen and oxygen atoms in total. The van der Waals surface area contributed by atoms with Gasteiger partial charge in [-0.25, -0.2) is 0 Å². The summed E-state index contributed by atoms with van der Waals surface area (Å²) in [6, 6.07) is -6.36. The Balaban J connectivity index is 3.36. The Morgan fingerprint density at radius 3 is 2.14 bits per heavy atom. The standard InChI is InChI=1S/C20H35N7O8S/c1-9-16(30)26-12(6-14(23)29)18(32)25-11(4-2-3-5-21)15(20(34)35)36-8-10(22)17(31)27-13(7-28)19(33)24-9/h9-13,15,28H,2-8,21-22H2,1H3,(H2,23,29)(H,24,33)(H,25,32)(H,26,30)(H,27,31)(H,34,35)/t9-,10?,11?,12-,13?,15?/m0/s1. The number of aliphatic hydroxyl groups excluding tert-OH is 1. The Morgan fingerprint density at radius 2 is 1.58 bits per heavy atom. The largest absolute Gasteiger partial charge is 0.480 e. The lowest BCUT2D eigenvalue weighted by atomic mass is 10.0. The fourth-order valence-electron chi connectivity index (χ4n) is 3.29. The van der Waals surface area contributed by atoms with Gasteiger partial charge in [0.25, 0.3) is 0 Å². The summed E-state index contributed by atoms with van der Waals surface area (Å²) < 4.78 is 0. The van der Waals surface area contributed by atoms with Crippen molar-refractivity contribution in [3.8, 4) is 0 Å². The van der Waals surface area contributed by atoms with E-state index in [-0.39, 0.29) is 12.2 Å². The molecule has 1 heterocycles. The molecule has 16 heteroatoms. The Hall–Kier alpha value is -2.95. The quantitative estimate of drug-likeness (QED) is 0.134. The number of unbranched alkanes of at least 4 members (excludes halogenated alkanes) is 1. The lowest BCUT2D eigenvalue weighted by Crippen LogP contribution is -2.60. The van der Waals surface area contributed by atoms with Crippen molar-refractivity contribution in [2.75, 3.05) is 18.9 Å². The minimum Gasteiger partial charge on any atom is -0.480 e. The number of aliphatic hydroxyl groups is 1. The fraction of sp³-hybridized carbons (Fsp3) is 0.700. The van der Waals surface area contributed by atoms with Gasteiger partial charge in [-0.15, -0.1) is 11.8 Å². The van der Waals surface area contributed by atoms with Crippen molar-refractivity contribution >= 4 is 47.3 Å². The Kier molecular flexibility index (Phi) is 13.1. The predicted molar refractivity (Wildman–Crippen MR) is 129 cm³/mol. The molecule has 0 radical (unpaired) electrons. The van der Waals surface area contributed by atoms with Crippen LogP contribution in [0.25, 0.3) is 0 Å². The van der Waals surface area contributed by atoms with Crippen molar-refractivity contribution in [2.24, 2.45) is 17.2 Å². The number of nitrogens with two attached hydrogens (primary N) is 3. The molecule has 1 aliphatic heterocycles. The Morgan fingerprint density at radius 1 is 0.972 bits per heavy atom. The normalized spacial score (nSPS) is 28.9. The van der Waals surface area contributed by atoms with E-state index < -0.39 is 84.0 Å². The van der Waals surface area contributed by atoms with E-state index in [9.17, 15) is 39.0 Å². The average molecular weight is 534 g/mol. The molecule has 1 aliphatic rings. The number of primary amides is 1. The number of thioether (sulfide) groups is 1. The lowest BCUT2D eigenvalue weighted by molar-refractivity contribution is -0.138. The zero-order valence-electron chi connectivity index (χ0n) is 19.9. The number of hydrogen-bond donors (Lipinski definition) is 9. The third kappa shape index (κ3) is 9.96. The van der Waals surface area contributed by atoms with Gasteiger partial charge in [-0.3, -0.25) is 28.8 Å². The van der Waals surface area contributed by atoms with E-state index in [0.717, 1.165) is 11.8 Å². The highest BCUT2D eigenvalue weighted by molar-refractivity contribution is 8.00. The number of aliphatic carboxylic acids is 1. The number of nitrogens with one attached hydrogen (secondary N) is 4. The Bertz CT molecular complexity index is 830. The highest BCUT2D eigenvalue weighted by Gasteiger charge is 2.35. The van der Waals surface area contributed by atoms with Gasteiger partial charge in [-0.05, 0) is 26.3 Å². The van der Waals surface area contributed by atoms with Crippen LogP contribution in [-0.2, 0) is 28.8 Å². The monoisotopic (exact) mass is 533 g/mol. The second-order valence-corrected chi connectivity index (χ2v) is 9.48. The van der Waals surface area contributed by atoms with E-state index in [2.05, 4.69) is 21.3 Å². The van der Waals surface area contributed by atoms with Crippen LogP contribution < -0.4 is 38.5 Å². The second-order valence-electron chi connectivity index (χ2n) is 8.30. The third-order valence-electron chi connectivity index (χ3n) is 5.30. The molecule has 0 bridgehead atoms. The van der Waals surface area contributed by atoms with Gasteiger partial charge >= 0.3 is 5.97 Å². The summed E-state index contributed by atoms with van der Waals surface area (Å²) in [6.45, 7) is 0.816. The molecule has 12 N–H and O–H groups in total. The molecule has 0 spiro atoms. The van der Waals surface area contributed by atoms with Gasteiger partial charge in [0.05, 0.1) is 25.1 Å². The number of carbonyl (C=O) groups is 6. The van der Waals surface area contributed by atoms with Gasteiger partial charge in [-0.1, -0.05) is 6.42 Å². The molecule has 1 rings (SSSR count). The van der Waals surface area contributed by atoms with Crippen LogP contribution in [0.5, 0.6) is 0 Å². The molecule has 4 unspecified atom stereocenters. The van der Waals surface area contributed by atoms with Crippen LogP contribution in [0.4, 0.5) is 0 Å². The zero-order valence-corrected chi connectivity index (χ0v) is 20.7. The van der Waals surface area contributed by atoms with E-state index in [0.29, 0.717) is 19.4 Å². The number of hydrogen-bond acceptors (Lipinski definition) is 10. The van der Waals surface area contributed by atoms with Crippen molar-refractivity contribution in [3.63, 3.8) is 0 Å². The van der Waals surface area contributed by atoms with Gasteiger partial charge in [0.2, 0.25) is 29.5 Å². The summed E-state index contributed by atoms with van der Waals surface area (Å²) in [4.78, 5) is 74.1. The molecule has 6 atom stereocenters. The van der Waals surface area contributed by atoms with Crippen LogP contribution >= 0.6 is 11.8 Å². The summed E-state index contributed by atoms with van der Waals surface area (Å²) in [5.74, 6) is -5.82. The molecule has 204 valence electrons. The van der Waals surface area contributed by atoms with Crippen LogP contribution in [0.15, 0.2) is 0 Å². The summed E-state index contributed by atoms with van der Waals surface area (Å²) in [6.07, 6.45) is 0.627. The highest BCUT2D eigenvalue weighted by atomic mass is 32.2. The second kappa shape index (κ2) is 15.2. The third-order valence-corrected chi connectivity index (χ3v) is 6.74. The van der Waals surface area contributed by atoms with E-state index in [1.165, 1.54) is 6.92 Å². The average Bonchev–Trinajstić information content (AvgIpc) is 2.80. The van der Waals surface area contributed by atoms with E-state index in [4.69, 9.17) is 17.2 Å². The molecule has 0 saturated carbocycles. The number of amides is 5. The van der Waals surface area contributed by atoms with Crippen molar-refractivity contribution in [1.29, 1.82) is 0 Å². The van der Waals surface area contributed by atoms with E-state index in [1.807, 2.05) is 0 Å². The Labute approximate surface area is 212 Å². The van der Waals surface area contributed by atoms with Crippen molar-refractivity contribution in [3.05, 3.63) is 0 Å². The summed E-state index contributed by atoms with van der Waals surface area (Å²) in [5.41, 5.74) is 16.6. The van der Waals surface area contributed by atoms with Crippen molar-refractivity contribution in [2.45, 2.75) is 68.1 Å². The van der Waals surface area contributed by atoms with Gasteiger partial charge in [0, 0.05) is 5.75 Å². The van der Waals surface area contributed by atoms with Crippen molar-refractivity contribution in [1.82, 2.24) is 21.3 Å². The summed E-state index contributed by atoms with van der Waals surface area (Å²) in [7, 11) is 0. The number of carboxylic acids is 1. The molecule has 1 fully saturated rings. The predicted octanol–water partition coefficient (Wildman–Crippen LogP) is -4.53. The van der Waals surface area contributed by atoms with Crippen LogP contribution in [-0.4, -0.2) is 100 Å². The first kappa shape index (κ1) is 31.1. The van der Waals surface area contributed by atoms with Crippen LogP contribution in [0, 0.1) is 0 Å². The maximum atomic E-state index is 13.0. The summed E-state index contributed by atoms with van der Waals surface area (Å²) in [5, 5.41) is 27.5. The summed E-state index contributed by atoms with van der Waals surface area (Å²) >= 11 is 0.798. The van der Waals surface area contributed by atoms with E-state index in [1.54, 1.807) is 0 Å². The molecule has 5 amide bonds. The topological polar surface area (TPSA) is 269 Å². The first-order valence-corrected chi connectivity index (χ1v) is 12.4. The van der Waals surface area contributed by atoms with Crippen LogP contribution in [0.3, 0.4) is 0 Å². The molecular weight excluding hydrogens is 498 g/mol. The number of carboxylic acid groups (broad SMARTS) is 1. The SMILES string of the molecule is C[C@@H]1NC(=O)C(CO)NC(=O)C(N)CSC(C(=O)O)C(CCCCN)NC(=O)[C@H](CC(N)=O)NC1=O. The van der Waals surface area contributed by atoms with Gasteiger partial charge in [-0.2, -0.15) is 0 Å². The fourth-order valence-corrected chi connectivity index (χ4v) is 4.44. The van der Waals surface area contributed by atoms with Crippen LogP contribution in [0.2, 0.25) is 0 Å². The molecule has 0 aliphatic carbocycles. The molecule has 0 aromatic carbocycles. The minimum atomic E-state index is -1.45. The maximum absolute atomic E-state index is 13.0. The van der Waals surface area contributed by atoms with Crippen molar-refractivity contribution < 1.29 is 39.0 Å². The number of rotatable bonds is 8. The van der Waals surface area contributed by atoms with Gasteiger partial charge in [0.1, 0.15) is 23.4 Å². The molecule has 1 saturated heterocycles. The number of carbonyl (C=O) groups excluding carboxylic acids is 5. The van der Waals surface area contributed by atoms with Gasteiger partial charge < -0.3 is 48.7 Å². The minimum absolute atomic E-state index is 0.191. The van der Waals surface area contributed by atoms with E-state index >= 15 is 0 Å². The van der Waals surface area contributed by atoms with Gasteiger partial charge in [0.15, 0.2) is 0 Å².